The lowest BCUT2D eigenvalue weighted by atomic mass is 10.9. The maximum atomic E-state index is 8.02. The molecule has 0 bridgehead atoms. The van der Waals surface area contributed by atoms with Gasteiger partial charge in [-0.3, -0.25) is 0 Å². The van der Waals surface area contributed by atoms with Crippen molar-refractivity contribution in [2.75, 3.05) is 25.0 Å². The molecule has 104 valence electrons. The molecule has 0 aromatic carbocycles. The molecule has 12 heteroatoms. The van der Waals surface area contributed by atoms with Crippen molar-refractivity contribution in [1.82, 2.24) is 0 Å². The van der Waals surface area contributed by atoms with Crippen molar-refractivity contribution < 1.29 is 28.6 Å². The number of hydrogen-bond donors (Lipinski definition) is 4. The van der Waals surface area contributed by atoms with Crippen LogP contribution in [0.15, 0.2) is 0 Å². The van der Waals surface area contributed by atoms with Gasteiger partial charge in [-0.15, -0.1) is 48.0 Å². The minimum atomic E-state index is -2.19. The summed E-state index contributed by atoms with van der Waals surface area (Å²) in [5, 5.41) is 0. The van der Waals surface area contributed by atoms with Gasteiger partial charge in [0.05, 0.1) is 13.2 Å². The third-order valence-electron chi connectivity index (χ3n) is 0.568. The van der Waals surface area contributed by atoms with Gasteiger partial charge in [0.15, 0.2) is 0 Å². The Morgan fingerprint density at radius 2 is 1.00 bits per heavy atom. The molecule has 6 nitrogen and oxygen atoms in total. The largest absolute Gasteiger partial charge is 0.328 e. The normalized spacial score (nSPS) is 9.00. The predicted octanol–water partition coefficient (Wildman–Crippen LogP) is 1.75. The molecular formula is C4H14Cl4O6P2. The maximum absolute atomic E-state index is 8.02. The zero-order chi connectivity index (χ0) is 11.4. The molecule has 0 aromatic rings. The first-order chi connectivity index (χ1) is 6.54. The van der Waals surface area contributed by atoms with Gasteiger partial charge >= 0.3 is 17.2 Å². The van der Waals surface area contributed by atoms with Crippen LogP contribution in [-0.4, -0.2) is 44.5 Å². The Morgan fingerprint density at radius 3 is 1.06 bits per heavy atom. The Kier molecular flexibility index (Phi) is 36.3. The minimum absolute atomic E-state index is 0. The first-order valence-electron chi connectivity index (χ1n) is 3.28. The highest BCUT2D eigenvalue weighted by atomic mass is 35.5. The maximum Gasteiger partial charge on any atom is 0.327 e. The summed E-state index contributed by atoms with van der Waals surface area (Å²) in [5.41, 5.74) is 0. The van der Waals surface area contributed by atoms with Gasteiger partial charge in [-0.2, -0.15) is 0 Å². The SMILES string of the molecule is Cl.Cl.OP(O)OCCCl.OP(O)OCCCl. The summed E-state index contributed by atoms with van der Waals surface area (Å²) in [7, 11) is -4.38. The molecule has 4 N–H and O–H groups in total. The van der Waals surface area contributed by atoms with Gasteiger partial charge in [0, 0.05) is 11.8 Å². The highest BCUT2D eigenvalue weighted by molar-refractivity contribution is 7.39. The van der Waals surface area contributed by atoms with Gasteiger partial charge in [0.2, 0.25) is 0 Å². The molecule has 0 unspecified atom stereocenters. The summed E-state index contributed by atoms with van der Waals surface area (Å²) in [5.74, 6) is 0.583. The van der Waals surface area contributed by atoms with Crippen LogP contribution >= 0.6 is 65.2 Å². The van der Waals surface area contributed by atoms with E-state index in [4.69, 9.17) is 42.8 Å². The molecule has 0 atom stereocenters. The summed E-state index contributed by atoms with van der Waals surface area (Å²) in [6.45, 7) is 0.389. The lowest BCUT2D eigenvalue weighted by molar-refractivity contribution is 0.269. The lowest BCUT2D eigenvalue weighted by Gasteiger charge is -1.97. The van der Waals surface area contributed by atoms with E-state index in [0.29, 0.717) is 11.8 Å². The zero-order valence-corrected chi connectivity index (χ0v) is 12.8. The van der Waals surface area contributed by atoms with Crippen molar-refractivity contribution >= 4 is 65.2 Å². The van der Waals surface area contributed by atoms with Crippen LogP contribution in [-0.2, 0) is 9.05 Å². The molecule has 0 radical (unpaired) electrons. The second-order valence-corrected chi connectivity index (χ2v) is 3.83. The Hall–Kier alpha value is 1.78. The average Bonchev–Trinajstić information content (AvgIpc) is 2.12. The molecular weight excluding hydrogens is 348 g/mol. The fourth-order valence-electron chi connectivity index (χ4n) is 0.232. The molecule has 0 heterocycles. The van der Waals surface area contributed by atoms with E-state index in [9.17, 15) is 0 Å². The Balaban J connectivity index is -0.0000000800. The lowest BCUT2D eigenvalue weighted by Crippen LogP contribution is -1.87. The van der Waals surface area contributed by atoms with Crippen LogP contribution in [0.5, 0.6) is 0 Å². The highest BCUT2D eigenvalue weighted by Crippen LogP contribution is 2.23. The summed E-state index contributed by atoms with van der Waals surface area (Å²) >= 11 is 10.2. The van der Waals surface area contributed by atoms with Crippen molar-refractivity contribution in [2.24, 2.45) is 0 Å². The third kappa shape index (κ3) is 36.0. The van der Waals surface area contributed by atoms with Crippen LogP contribution in [0, 0.1) is 0 Å². The van der Waals surface area contributed by atoms with Gasteiger partial charge in [0.25, 0.3) is 0 Å². The van der Waals surface area contributed by atoms with Crippen LogP contribution in [0.1, 0.15) is 0 Å². The van der Waals surface area contributed by atoms with E-state index >= 15 is 0 Å². The average molecular weight is 362 g/mol. The van der Waals surface area contributed by atoms with E-state index < -0.39 is 17.2 Å². The van der Waals surface area contributed by atoms with Crippen LogP contribution in [0.2, 0.25) is 0 Å². The van der Waals surface area contributed by atoms with E-state index in [-0.39, 0.29) is 38.0 Å². The first-order valence-corrected chi connectivity index (χ1v) is 6.68. The fourth-order valence-corrected chi connectivity index (χ4v) is 1.11. The second kappa shape index (κ2) is 22.0. The van der Waals surface area contributed by atoms with Crippen molar-refractivity contribution in [3.05, 3.63) is 0 Å². The van der Waals surface area contributed by atoms with Gasteiger partial charge in [-0.1, -0.05) is 0 Å². The summed E-state index contributed by atoms with van der Waals surface area (Å²) in [4.78, 5) is 32.1. The number of alkyl halides is 2. The van der Waals surface area contributed by atoms with Crippen molar-refractivity contribution in [3.8, 4) is 0 Å². The molecule has 0 aliphatic carbocycles. The summed E-state index contributed by atoms with van der Waals surface area (Å²) in [6, 6.07) is 0. The number of rotatable bonds is 6. The van der Waals surface area contributed by atoms with Crippen molar-refractivity contribution in [1.29, 1.82) is 0 Å². The molecule has 0 aliphatic heterocycles. The molecule has 0 aliphatic rings. The first kappa shape index (κ1) is 26.4. The van der Waals surface area contributed by atoms with Crippen LogP contribution < -0.4 is 0 Å². The van der Waals surface area contributed by atoms with E-state index in [1.165, 1.54) is 0 Å². The zero-order valence-electron chi connectivity index (χ0n) is 7.90. The van der Waals surface area contributed by atoms with Crippen molar-refractivity contribution in [2.45, 2.75) is 0 Å². The highest BCUT2D eigenvalue weighted by Gasteiger charge is 1.94. The molecule has 0 saturated carbocycles. The number of hydrogen-bond acceptors (Lipinski definition) is 6. The fraction of sp³-hybridized carbons (Fsp3) is 1.00. The Morgan fingerprint density at radius 1 is 0.750 bits per heavy atom. The van der Waals surface area contributed by atoms with Crippen LogP contribution in [0.25, 0.3) is 0 Å². The van der Waals surface area contributed by atoms with Gasteiger partial charge in [-0.05, 0) is 0 Å². The van der Waals surface area contributed by atoms with Gasteiger partial charge in [0.1, 0.15) is 0 Å². The quantitative estimate of drug-likeness (QED) is 0.425. The molecule has 0 spiro atoms. The van der Waals surface area contributed by atoms with Crippen LogP contribution in [0.4, 0.5) is 0 Å². The third-order valence-corrected chi connectivity index (χ3v) is 1.70. The Labute approximate surface area is 119 Å². The molecule has 0 aromatic heterocycles. The van der Waals surface area contributed by atoms with Gasteiger partial charge < -0.3 is 28.6 Å². The number of halogens is 4. The molecule has 0 saturated heterocycles. The summed E-state index contributed by atoms with van der Waals surface area (Å²) < 4.78 is 8.47. The molecule has 0 fully saturated rings. The Bertz CT molecular complexity index is 101. The van der Waals surface area contributed by atoms with E-state index in [1.807, 2.05) is 0 Å². The molecule has 0 amide bonds. The van der Waals surface area contributed by atoms with E-state index in [0.717, 1.165) is 0 Å². The monoisotopic (exact) mass is 360 g/mol. The summed E-state index contributed by atoms with van der Waals surface area (Å²) in [6.07, 6.45) is 0. The molecule has 0 rings (SSSR count). The standard InChI is InChI=1S/2C2H6ClO3P.2ClH/c2*3-1-2-6-7(4)5;;/h2*4-5H,1-2H2;2*1H. The minimum Gasteiger partial charge on any atom is -0.328 e. The van der Waals surface area contributed by atoms with E-state index in [2.05, 4.69) is 9.05 Å². The second-order valence-electron chi connectivity index (χ2n) is 1.55. The molecule has 16 heavy (non-hydrogen) atoms. The predicted molar refractivity (Wildman–Crippen MR) is 70.6 cm³/mol. The topological polar surface area (TPSA) is 99.4 Å². The van der Waals surface area contributed by atoms with Crippen molar-refractivity contribution in [3.63, 3.8) is 0 Å². The van der Waals surface area contributed by atoms with E-state index in [1.54, 1.807) is 0 Å². The van der Waals surface area contributed by atoms with Crippen LogP contribution in [0.3, 0.4) is 0 Å². The van der Waals surface area contributed by atoms with Gasteiger partial charge in [-0.25, -0.2) is 0 Å². The smallest absolute Gasteiger partial charge is 0.327 e.